The smallest absolute Gasteiger partial charge is 0.257 e. The molecule has 0 aromatic heterocycles. The predicted octanol–water partition coefficient (Wildman–Crippen LogP) is 2.20. The fourth-order valence-corrected chi connectivity index (χ4v) is 2.30. The monoisotopic (exact) mass is 272 g/mol. The normalized spacial score (nSPS) is 19.2. The van der Waals surface area contributed by atoms with Gasteiger partial charge in [-0.05, 0) is 31.4 Å². The molecule has 0 aliphatic carbocycles. The first-order chi connectivity index (χ1) is 8.24. The zero-order valence-corrected chi connectivity index (χ0v) is 11.0. The number of benzene rings is 1. The first-order valence-corrected chi connectivity index (χ1v) is 5.99. The van der Waals surface area contributed by atoms with E-state index in [-0.39, 0.29) is 29.9 Å². The van der Waals surface area contributed by atoms with Crippen LogP contribution in [0.1, 0.15) is 29.6 Å². The van der Waals surface area contributed by atoms with E-state index in [0.29, 0.717) is 13.1 Å². The van der Waals surface area contributed by atoms with E-state index < -0.39 is 5.82 Å². The average molecular weight is 273 g/mol. The first-order valence-electron chi connectivity index (χ1n) is 5.99. The van der Waals surface area contributed by atoms with Crippen molar-refractivity contribution in [2.45, 2.75) is 25.3 Å². The number of amides is 1. The highest BCUT2D eigenvalue weighted by molar-refractivity contribution is 5.94. The molecule has 1 aliphatic rings. The van der Waals surface area contributed by atoms with Gasteiger partial charge in [0.15, 0.2) is 0 Å². The lowest BCUT2D eigenvalue weighted by Gasteiger charge is -2.35. The molecule has 1 unspecified atom stereocenters. The van der Waals surface area contributed by atoms with Gasteiger partial charge in [-0.15, -0.1) is 12.4 Å². The van der Waals surface area contributed by atoms with Crippen LogP contribution in [0.5, 0.6) is 0 Å². The molecule has 1 aliphatic heterocycles. The van der Waals surface area contributed by atoms with Crippen molar-refractivity contribution >= 4 is 18.3 Å². The van der Waals surface area contributed by atoms with Crippen molar-refractivity contribution in [3.05, 3.63) is 35.6 Å². The molecule has 1 aromatic rings. The number of hydrogen-bond acceptors (Lipinski definition) is 2. The maximum Gasteiger partial charge on any atom is 0.257 e. The molecule has 18 heavy (non-hydrogen) atoms. The molecule has 100 valence electrons. The summed E-state index contributed by atoms with van der Waals surface area (Å²) in [6.07, 6.45) is 2.97. The maximum atomic E-state index is 13.5. The van der Waals surface area contributed by atoms with Crippen LogP contribution < -0.4 is 5.73 Å². The summed E-state index contributed by atoms with van der Waals surface area (Å²) in [6.45, 7) is 1.12. The van der Waals surface area contributed by atoms with Crippen LogP contribution >= 0.6 is 12.4 Å². The van der Waals surface area contributed by atoms with Crippen molar-refractivity contribution in [1.82, 2.24) is 4.90 Å². The minimum absolute atomic E-state index is 0. The van der Waals surface area contributed by atoms with Gasteiger partial charge in [-0.2, -0.15) is 0 Å². The third-order valence-corrected chi connectivity index (χ3v) is 3.26. The Hall–Kier alpha value is -1.13. The summed E-state index contributed by atoms with van der Waals surface area (Å²) in [6, 6.07) is 6.16. The SMILES string of the molecule is Cl.NCC1CCCCN1C(=O)c1ccccc1F. The van der Waals surface area contributed by atoms with E-state index in [1.54, 1.807) is 17.0 Å². The Morgan fingerprint density at radius 1 is 1.39 bits per heavy atom. The molecule has 1 atom stereocenters. The molecule has 2 rings (SSSR count). The topological polar surface area (TPSA) is 46.3 Å². The third kappa shape index (κ3) is 3.00. The van der Waals surface area contributed by atoms with Gasteiger partial charge in [-0.1, -0.05) is 12.1 Å². The number of carbonyl (C=O) groups excluding carboxylic acids is 1. The summed E-state index contributed by atoms with van der Waals surface area (Å²) < 4.78 is 13.5. The summed E-state index contributed by atoms with van der Waals surface area (Å²) in [5.74, 6) is -0.697. The van der Waals surface area contributed by atoms with Crippen LogP contribution in [0.15, 0.2) is 24.3 Å². The second kappa shape index (κ2) is 6.71. The van der Waals surface area contributed by atoms with Gasteiger partial charge in [-0.25, -0.2) is 4.39 Å². The molecule has 1 heterocycles. The van der Waals surface area contributed by atoms with Crippen molar-refractivity contribution in [3.63, 3.8) is 0 Å². The van der Waals surface area contributed by atoms with Crippen molar-refractivity contribution in [1.29, 1.82) is 0 Å². The Morgan fingerprint density at radius 2 is 2.11 bits per heavy atom. The molecule has 0 spiro atoms. The Kier molecular flexibility index (Phi) is 5.56. The summed E-state index contributed by atoms with van der Waals surface area (Å²) in [7, 11) is 0. The standard InChI is InChI=1S/C13H17FN2O.ClH/c14-12-7-2-1-6-11(12)13(17)16-8-4-3-5-10(16)9-15;/h1-2,6-7,10H,3-5,8-9,15H2;1H. The van der Waals surface area contributed by atoms with E-state index >= 15 is 0 Å². The molecular formula is C13H18ClFN2O. The van der Waals surface area contributed by atoms with Gasteiger partial charge in [0.2, 0.25) is 0 Å². The molecule has 1 amide bonds. The predicted molar refractivity (Wildman–Crippen MR) is 71.4 cm³/mol. The first kappa shape index (κ1) is 14.9. The zero-order chi connectivity index (χ0) is 12.3. The van der Waals surface area contributed by atoms with Crippen molar-refractivity contribution in [2.24, 2.45) is 5.73 Å². The van der Waals surface area contributed by atoms with E-state index in [1.807, 2.05) is 0 Å². The Morgan fingerprint density at radius 3 is 2.78 bits per heavy atom. The van der Waals surface area contributed by atoms with Crippen LogP contribution in [-0.2, 0) is 0 Å². The lowest BCUT2D eigenvalue weighted by molar-refractivity contribution is 0.0618. The summed E-state index contributed by atoms with van der Waals surface area (Å²) in [4.78, 5) is 13.9. The second-order valence-corrected chi connectivity index (χ2v) is 4.36. The lowest BCUT2D eigenvalue weighted by atomic mass is 10.0. The second-order valence-electron chi connectivity index (χ2n) is 4.36. The van der Waals surface area contributed by atoms with Crippen LogP contribution in [0, 0.1) is 5.82 Å². The Labute approximate surface area is 113 Å². The lowest BCUT2D eigenvalue weighted by Crippen LogP contribution is -2.47. The van der Waals surface area contributed by atoms with E-state index in [9.17, 15) is 9.18 Å². The van der Waals surface area contributed by atoms with Crippen molar-refractivity contribution in [2.75, 3.05) is 13.1 Å². The molecule has 2 N–H and O–H groups in total. The number of nitrogens with two attached hydrogens (primary N) is 1. The molecule has 0 saturated carbocycles. The maximum absolute atomic E-state index is 13.5. The summed E-state index contributed by atoms with van der Waals surface area (Å²) in [5, 5.41) is 0. The molecule has 1 fully saturated rings. The molecule has 3 nitrogen and oxygen atoms in total. The van der Waals surface area contributed by atoms with Gasteiger partial charge < -0.3 is 10.6 Å². The number of carbonyl (C=O) groups is 1. The van der Waals surface area contributed by atoms with Crippen LogP contribution in [-0.4, -0.2) is 29.9 Å². The highest BCUT2D eigenvalue weighted by Gasteiger charge is 2.27. The van der Waals surface area contributed by atoms with E-state index in [4.69, 9.17) is 5.73 Å². The Balaban J connectivity index is 0.00000162. The van der Waals surface area contributed by atoms with Gasteiger partial charge in [0.05, 0.1) is 5.56 Å². The van der Waals surface area contributed by atoms with Crippen LogP contribution in [0.3, 0.4) is 0 Å². The number of piperidine rings is 1. The van der Waals surface area contributed by atoms with Gasteiger partial charge >= 0.3 is 0 Å². The van der Waals surface area contributed by atoms with Crippen LogP contribution in [0.4, 0.5) is 4.39 Å². The molecule has 1 aromatic carbocycles. The Bertz CT molecular complexity index is 414. The molecule has 5 heteroatoms. The minimum Gasteiger partial charge on any atom is -0.334 e. The molecule has 0 radical (unpaired) electrons. The van der Waals surface area contributed by atoms with Crippen molar-refractivity contribution < 1.29 is 9.18 Å². The fraction of sp³-hybridized carbons (Fsp3) is 0.462. The largest absolute Gasteiger partial charge is 0.334 e. The molecule has 0 bridgehead atoms. The van der Waals surface area contributed by atoms with Gasteiger partial charge in [0.1, 0.15) is 5.82 Å². The summed E-state index contributed by atoms with van der Waals surface area (Å²) in [5.41, 5.74) is 5.81. The highest BCUT2D eigenvalue weighted by Crippen LogP contribution is 2.20. The minimum atomic E-state index is -0.459. The van der Waals surface area contributed by atoms with E-state index in [1.165, 1.54) is 12.1 Å². The quantitative estimate of drug-likeness (QED) is 0.897. The van der Waals surface area contributed by atoms with E-state index in [2.05, 4.69) is 0 Å². The number of halogens is 2. The van der Waals surface area contributed by atoms with Crippen LogP contribution in [0.25, 0.3) is 0 Å². The average Bonchev–Trinajstić information content (AvgIpc) is 2.38. The van der Waals surface area contributed by atoms with Gasteiger partial charge in [0, 0.05) is 19.1 Å². The molecule has 1 saturated heterocycles. The van der Waals surface area contributed by atoms with Gasteiger partial charge in [0.25, 0.3) is 5.91 Å². The third-order valence-electron chi connectivity index (χ3n) is 3.26. The highest BCUT2D eigenvalue weighted by atomic mass is 35.5. The number of nitrogens with zero attached hydrogens (tertiary/aromatic N) is 1. The van der Waals surface area contributed by atoms with Gasteiger partial charge in [-0.3, -0.25) is 4.79 Å². The number of likely N-dealkylation sites (tertiary alicyclic amines) is 1. The van der Waals surface area contributed by atoms with Crippen molar-refractivity contribution in [3.8, 4) is 0 Å². The number of rotatable bonds is 2. The summed E-state index contributed by atoms with van der Waals surface area (Å²) >= 11 is 0. The van der Waals surface area contributed by atoms with Crippen LogP contribution in [0.2, 0.25) is 0 Å². The van der Waals surface area contributed by atoms with E-state index in [0.717, 1.165) is 19.3 Å². The zero-order valence-electron chi connectivity index (χ0n) is 10.1. The molecular weight excluding hydrogens is 255 g/mol. The fourth-order valence-electron chi connectivity index (χ4n) is 2.30. The number of hydrogen-bond donors (Lipinski definition) is 1.